The molecule has 0 bridgehead atoms. The molecule has 3 aromatic carbocycles. The molecule has 0 aliphatic rings. The van der Waals surface area contributed by atoms with Crippen LogP contribution in [0.5, 0.6) is 0 Å². The molecule has 0 aliphatic heterocycles. The second kappa shape index (κ2) is 8.53. The average molecular weight is 486 g/mol. The summed E-state index contributed by atoms with van der Waals surface area (Å²) in [6.45, 7) is 6.98. The fourth-order valence-electron chi connectivity index (χ4n) is 3.06. The van der Waals surface area contributed by atoms with Crippen molar-refractivity contribution in [3.05, 3.63) is 101 Å². The van der Waals surface area contributed by atoms with Gasteiger partial charge in [-0.25, -0.2) is 26.0 Å². The van der Waals surface area contributed by atoms with Gasteiger partial charge in [0.15, 0.2) is 28.8 Å². The maximum Gasteiger partial charge on any atom is 0.288 e. The van der Waals surface area contributed by atoms with Crippen LogP contribution in [0.1, 0.15) is 15.9 Å². The molecule has 1 aromatic heterocycles. The molecule has 12 heteroatoms. The molecule has 0 saturated carbocycles. The van der Waals surface area contributed by atoms with Crippen molar-refractivity contribution >= 4 is 38.3 Å². The lowest BCUT2D eigenvalue weighted by Gasteiger charge is -2.13. The highest BCUT2D eigenvalue weighted by molar-refractivity contribution is 7.92. The Bertz CT molecular complexity index is 1640. The molecule has 0 radical (unpaired) electrons. The number of hydrogen-bond acceptors (Lipinski definition) is 5. The summed E-state index contributed by atoms with van der Waals surface area (Å²) in [5.74, 6) is -7.50. The first kappa shape index (κ1) is 22.8. The van der Waals surface area contributed by atoms with Gasteiger partial charge in [-0.1, -0.05) is 12.6 Å². The molecule has 4 aromatic rings. The van der Waals surface area contributed by atoms with Crippen LogP contribution in [0.4, 0.5) is 29.1 Å². The van der Waals surface area contributed by atoms with Crippen LogP contribution in [-0.2, 0) is 10.0 Å². The number of halogens is 4. The number of benzene rings is 3. The van der Waals surface area contributed by atoms with Gasteiger partial charge >= 0.3 is 0 Å². The lowest BCUT2D eigenvalue weighted by molar-refractivity contribution is 0.103. The van der Waals surface area contributed by atoms with Crippen molar-refractivity contribution in [2.24, 2.45) is 0 Å². The fourth-order valence-corrected chi connectivity index (χ4v) is 4.14. The summed E-state index contributed by atoms with van der Waals surface area (Å²) in [4.78, 5) is 23.3. The Balaban J connectivity index is 1.79. The van der Waals surface area contributed by atoms with E-state index in [9.17, 15) is 26.4 Å². The maximum atomic E-state index is 15.1. The summed E-state index contributed by atoms with van der Waals surface area (Å²) >= 11 is 0. The van der Waals surface area contributed by atoms with Crippen LogP contribution in [0, 0.1) is 29.8 Å². The fraction of sp³-hybridized carbons (Fsp3) is 0. The highest BCUT2D eigenvalue weighted by Gasteiger charge is 2.28. The number of sulfonamides is 1. The number of carbonyl (C=O) groups excluding carboxylic acids is 1. The minimum Gasteiger partial charge on any atom is -0.359 e. The van der Waals surface area contributed by atoms with Crippen molar-refractivity contribution in [2.45, 2.75) is 4.90 Å². The first-order valence-electron chi connectivity index (χ1n) is 9.25. The zero-order valence-corrected chi connectivity index (χ0v) is 17.5. The van der Waals surface area contributed by atoms with Crippen molar-refractivity contribution in [1.29, 1.82) is 0 Å². The van der Waals surface area contributed by atoms with E-state index >= 15 is 4.39 Å². The molecule has 7 nitrogen and oxygen atoms in total. The predicted octanol–water partition coefficient (Wildman–Crippen LogP) is 4.77. The van der Waals surface area contributed by atoms with Crippen LogP contribution < -0.4 is 4.72 Å². The Morgan fingerprint density at radius 1 is 0.971 bits per heavy atom. The summed E-state index contributed by atoms with van der Waals surface area (Å²) < 4.78 is 83.9. The topological polar surface area (TPSA) is 93.4 Å². The molecular formula is C22H10F4N4O3S. The number of rotatable bonds is 5. The van der Waals surface area contributed by atoms with Crippen LogP contribution in [0.15, 0.2) is 59.6 Å². The number of ketones is 1. The third kappa shape index (κ3) is 4.16. The van der Waals surface area contributed by atoms with Crippen LogP contribution in [0.2, 0.25) is 0 Å². The molecule has 0 unspecified atom stereocenters. The number of aromatic nitrogens is 2. The number of nitrogens with one attached hydrogen (secondary N) is 1. The number of hydrogen-bond donors (Lipinski definition) is 1. The molecule has 4 rings (SSSR count). The molecule has 1 heterocycles. The van der Waals surface area contributed by atoms with E-state index in [0.29, 0.717) is 6.07 Å². The number of nitrogens with zero attached hydrogens (tertiary/aromatic N) is 3. The van der Waals surface area contributed by atoms with Gasteiger partial charge in [-0.2, -0.15) is 0 Å². The van der Waals surface area contributed by atoms with Gasteiger partial charge < -0.3 is 4.85 Å². The Labute approximate surface area is 189 Å². The first-order valence-corrected chi connectivity index (χ1v) is 10.7. The first-order chi connectivity index (χ1) is 16.1. The Kier molecular flexibility index (Phi) is 5.72. The Morgan fingerprint density at radius 2 is 1.74 bits per heavy atom. The molecule has 34 heavy (non-hydrogen) atoms. The zero-order valence-electron chi connectivity index (χ0n) is 16.7. The largest absolute Gasteiger partial charge is 0.359 e. The molecule has 0 spiro atoms. The van der Waals surface area contributed by atoms with E-state index < -0.39 is 55.2 Å². The normalized spacial score (nSPS) is 11.3. The third-order valence-electron chi connectivity index (χ3n) is 4.64. The van der Waals surface area contributed by atoms with Gasteiger partial charge in [0, 0.05) is 17.7 Å². The van der Waals surface area contributed by atoms with E-state index in [1.54, 1.807) is 4.72 Å². The van der Waals surface area contributed by atoms with E-state index in [0.717, 1.165) is 30.3 Å². The number of anilines is 1. The molecule has 0 atom stereocenters. The van der Waals surface area contributed by atoms with Crippen LogP contribution in [0.25, 0.3) is 15.9 Å². The van der Waals surface area contributed by atoms with Gasteiger partial charge in [-0.05, 0) is 30.3 Å². The van der Waals surface area contributed by atoms with Crippen LogP contribution >= 0.6 is 0 Å². The van der Waals surface area contributed by atoms with Gasteiger partial charge in [0.05, 0.1) is 22.3 Å². The molecule has 0 saturated heterocycles. The highest BCUT2D eigenvalue weighted by Crippen LogP contribution is 2.29. The SMILES string of the molecule is [C-]#[N+]c1cnc2ccc(C(=O)c3c(F)c(F)cc(NS(=O)(=O)c4cccc(F)c4)c3F)cc2n1. The van der Waals surface area contributed by atoms with Gasteiger partial charge in [0.2, 0.25) is 0 Å². The minimum atomic E-state index is -4.61. The van der Waals surface area contributed by atoms with E-state index in [2.05, 4.69) is 14.8 Å². The standard InChI is InChI=1S/C22H10F4N4O3S/c1-27-18-10-28-15-6-5-11(7-16(15)29-18)22(31)19-20(25)14(24)9-17(21(19)26)30-34(32,33)13-4-2-3-12(23)8-13/h2-10,30H. The summed E-state index contributed by atoms with van der Waals surface area (Å²) in [7, 11) is -4.61. The van der Waals surface area contributed by atoms with Crippen molar-refractivity contribution in [1.82, 2.24) is 9.97 Å². The summed E-state index contributed by atoms with van der Waals surface area (Å²) in [5.41, 5.74) is -2.37. The lowest BCUT2D eigenvalue weighted by atomic mass is 10.0. The van der Waals surface area contributed by atoms with Crippen molar-refractivity contribution in [2.75, 3.05) is 4.72 Å². The quantitative estimate of drug-likeness (QED) is 0.190. The van der Waals surface area contributed by atoms with E-state index in [-0.39, 0.29) is 28.5 Å². The third-order valence-corrected chi connectivity index (χ3v) is 6.00. The monoisotopic (exact) mass is 486 g/mol. The van der Waals surface area contributed by atoms with Crippen LogP contribution in [0.3, 0.4) is 0 Å². The van der Waals surface area contributed by atoms with Gasteiger partial charge in [-0.15, -0.1) is 4.98 Å². The molecule has 0 amide bonds. The Morgan fingerprint density at radius 3 is 2.44 bits per heavy atom. The molecule has 1 N–H and O–H groups in total. The zero-order chi connectivity index (χ0) is 24.6. The van der Waals surface area contributed by atoms with E-state index in [1.165, 1.54) is 12.3 Å². The molecule has 0 fully saturated rings. The van der Waals surface area contributed by atoms with E-state index in [1.807, 2.05) is 0 Å². The van der Waals surface area contributed by atoms with Gasteiger partial charge in [-0.3, -0.25) is 14.5 Å². The second-order valence-electron chi connectivity index (χ2n) is 6.84. The van der Waals surface area contributed by atoms with E-state index in [4.69, 9.17) is 6.57 Å². The Hall–Kier alpha value is -4.37. The molecule has 170 valence electrons. The van der Waals surface area contributed by atoms with Crippen LogP contribution in [-0.4, -0.2) is 24.2 Å². The highest BCUT2D eigenvalue weighted by atomic mass is 32.2. The smallest absolute Gasteiger partial charge is 0.288 e. The number of carbonyl (C=O) groups is 1. The number of fused-ring (bicyclic) bond motifs is 1. The second-order valence-corrected chi connectivity index (χ2v) is 8.53. The van der Waals surface area contributed by atoms with Crippen molar-refractivity contribution in [3.8, 4) is 0 Å². The van der Waals surface area contributed by atoms with Gasteiger partial charge in [0.25, 0.3) is 15.8 Å². The summed E-state index contributed by atoms with van der Waals surface area (Å²) in [6.07, 6.45) is 1.19. The lowest BCUT2D eigenvalue weighted by Crippen LogP contribution is -2.17. The summed E-state index contributed by atoms with van der Waals surface area (Å²) in [5, 5.41) is 0. The van der Waals surface area contributed by atoms with Gasteiger partial charge in [0.1, 0.15) is 11.3 Å². The summed E-state index contributed by atoms with van der Waals surface area (Å²) in [6, 6.07) is 7.52. The van der Waals surface area contributed by atoms with Crippen molar-refractivity contribution in [3.63, 3.8) is 0 Å². The predicted molar refractivity (Wildman–Crippen MR) is 113 cm³/mol. The average Bonchev–Trinajstić information content (AvgIpc) is 2.81. The van der Waals surface area contributed by atoms with Crippen molar-refractivity contribution < 1.29 is 30.8 Å². The molecule has 0 aliphatic carbocycles. The maximum absolute atomic E-state index is 15.1. The minimum absolute atomic E-state index is 0.0728. The molecular weight excluding hydrogens is 476 g/mol.